The zero-order chi connectivity index (χ0) is 18.5. The summed E-state index contributed by atoms with van der Waals surface area (Å²) >= 11 is 8.42. The molecule has 2 N–H and O–H groups in total. The number of anilines is 2. The Morgan fingerprint density at radius 2 is 0.846 bits per heavy atom. The standard InChI is InChI=1S/C20H16N2O2S2/c23-19(21-15-5-9-17(25)10-6-15)13-1-2-14(4-3-13)20(24)22-16-7-11-18(26)12-8-16/h1-12,25-26H,(H,21,23)(H,22,24). The van der Waals surface area contributed by atoms with Crippen molar-refractivity contribution in [2.24, 2.45) is 0 Å². The molecule has 0 atom stereocenters. The molecule has 130 valence electrons. The van der Waals surface area contributed by atoms with Gasteiger partial charge in [-0.25, -0.2) is 0 Å². The maximum atomic E-state index is 12.3. The van der Waals surface area contributed by atoms with E-state index >= 15 is 0 Å². The van der Waals surface area contributed by atoms with Crippen LogP contribution in [0.15, 0.2) is 82.6 Å². The first-order valence-corrected chi connectivity index (χ1v) is 8.71. The van der Waals surface area contributed by atoms with E-state index in [1.165, 1.54) is 0 Å². The number of carbonyl (C=O) groups excluding carboxylic acids is 2. The first-order chi connectivity index (χ1) is 12.5. The van der Waals surface area contributed by atoms with Gasteiger partial charge >= 0.3 is 0 Å². The maximum absolute atomic E-state index is 12.3. The second kappa shape index (κ2) is 8.12. The number of carbonyl (C=O) groups is 2. The van der Waals surface area contributed by atoms with Gasteiger partial charge in [-0.2, -0.15) is 0 Å². The molecule has 0 fully saturated rings. The molecule has 6 heteroatoms. The average Bonchev–Trinajstić information content (AvgIpc) is 2.65. The molecule has 2 amide bonds. The van der Waals surface area contributed by atoms with Crippen molar-refractivity contribution in [1.82, 2.24) is 0 Å². The molecule has 0 radical (unpaired) electrons. The van der Waals surface area contributed by atoms with Crippen LogP contribution >= 0.6 is 25.3 Å². The Balaban J connectivity index is 1.65. The van der Waals surface area contributed by atoms with Crippen LogP contribution in [0.4, 0.5) is 11.4 Å². The number of rotatable bonds is 4. The monoisotopic (exact) mass is 380 g/mol. The highest BCUT2D eigenvalue weighted by Crippen LogP contribution is 2.15. The normalized spacial score (nSPS) is 10.2. The van der Waals surface area contributed by atoms with E-state index in [1.807, 2.05) is 0 Å². The predicted octanol–water partition coefficient (Wildman–Crippen LogP) is 4.77. The van der Waals surface area contributed by atoms with Crippen LogP contribution in [0.2, 0.25) is 0 Å². The summed E-state index contributed by atoms with van der Waals surface area (Å²) in [4.78, 5) is 26.2. The van der Waals surface area contributed by atoms with Crippen LogP contribution < -0.4 is 10.6 Å². The topological polar surface area (TPSA) is 58.2 Å². The first-order valence-electron chi connectivity index (χ1n) is 7.82. The summed E-state index contributed by atoms with van der Waals surface area (Å²) in [6, 6.07) is 20.8. The van der Waals surface area contributed by atoms with Crippen LogP contribution in [0.25, 0.3) is 0 Å². The van der Waals surface area contributed by atoms with Gasteiger partial charge in [-0.1, -0.05) is 0 Å². The van der Waals surface area contributed by atoms with Crippen molar-refractivity contribution in [3.8, 4) is 0 Å². The Hall–Kier alpha value is -2.70. The summed E-state index contributed by atoms with van der Waals surface area (Å²) in [5, 5.41) is 5.60. The molecule has 0 heterocycles. The minimum atomic E-state index is -0.242. The third-order valence-electron chi connectivity index (χ3n) is 3.66. The SMILES string of the molecule is O=C(Nc1ccc(S)cc1)c1ccc(C(=O)Nc2ccc(S)cc2)cc1. The summed E-state index contributed by atoms with van der Waals surface area (Å²) in [5.74, 6) is -0.485. The van der Waals surface area contributed by atoms with E-state index in [1.54, 1.807) is 72.8 Å². The zero-order valence-electron chi connectivity index (χ0n) is 13.6. The number of hydrogen-bond acceptors (Lipinski definition) is 4. The largest absolute Gasteiger partial charge is 0.322 e. The fourth-order valence-corrected chi connectivity index (χ4v) is 2.57. The molecule has 0 unspecified atom stereocenters. The molecular formula is C20H16N2O2S2. The highest BCUT2D eigenvalue weighted by Gasteiger charge is 2.09. The Morgan fingerprint density at radius 3 is 1.15 bits per heavy atom. The van der Waals surface area contributed by atoms with E-state index in [-0.39, 0.29) is 11.8 Å². The summed E-state index contributed by atoms with van der Waals surface area (Å²) < 4.78 is 0. The van der Waals surface area contributed by atoms with E-state index in [2.05, 4.69) is 35.9 Å². The molecule has 3 rings (SSSR count). The van der Waals surface area contributed by atoms with E-state index in [9.17, 15) is 9.59 Å². The molecule has 3 aromatic rings. The van der Waals surface area contributed by atoms with Gasteiger partial charge in [0.25, 0.3) is 11.8 Å². The van der Waals surface area contributed by atoms with Gasteiger partial charge in [-0.15, -0.1) is 25.3 Å². The Kier molecular flexibility index (Phi) is 5.65. The van der Waals surface area contributed by atoms with Gasteiger partial charge in [0.2, 0.25) is 0 Å². The van der Waals surface area contributed by atoms with Crippen molar-refractivity contribution < 1.29 is 9.59 Å². The van der Waals surface area contributed by atoms with Gasteiger partial charge in [0, 0.05) is 32.3 Å². The molecule has 26 heavy (non-hydrogen) atoms. The van der Waals surface area contributed by atoms with Crippen LogP contribution in [0.5, 0.6) is 0 Å². The molecule has 3 aromatic carbocycles. The van der Waals surface area contributed by atoms with Crippen LogP contribution in [-0.4, -0.2) is 11.8 Å². The summed E-state index contributed by atoms with van der Waals surface area (Å²) in [6.45, 7) is 0. The fourth-order valence-electron chi connectivity index (χ4n) is 2.27. The van der Waals surface area contributed by atoms with Crippen LogP contribution in [-0.2, 0) is 0 Å². The smallest absolute Gasteiger partial charge is 0.255 e. The highest BCUT2D eigenvalue weighted by atomic mass is 32.1. The predicted molar refractivity (Wildman–Crippen MR) is 110 cm³/mol. The van der Waals surface area contributed by atoms with E-state index < -0.39 is 0 Å². The van der Waals surface area contributed by atoms with E-state index in [4.69, 9.17) is 0 Å². The molecule has 4 nitrogen and oxygen atoms in total. The van der Waals surface area contributed by atoms with E-state index in [0.717, 1.165) is 9.79 Å². The zero-order valence-corrected chi connectivity index (χ0v) is 15.4. The van der Waals surface area contributed by atoms with E-state index in [0.29, 0.717) is 22.5 Å². The first kappa shape index (κ1) is 18.1. The lowest BCUT2D eigenvalue weighted by molar-refractivity contribution is 0.101. The van der Waals surface area contributed by atoms with Crippen molar-refractivity contribution in [1.29, 1.82) is 0 Å². The van der Waals surface area contributed by atoms with Gasteiger partial charge in [-0.3, -0.25) is 9.59 Å². The number of hydrogen-bond donors (Lipinski definition) is 4. The minimum Gasteiger partial charge on any atom is -0.322 e. The molecule has 0 saturated heterocycles. The van der Waals surface area contributed by atoms with Gasteiger partial charge in [0.1, 0.15) is 0 Å². The van der Waals surface area contributed by atoms with Crippen LogP contribution in [0, 0.1) is 0 Å². The lowest BCUT2D eigenvalue weighted by atomic mass is 10.1. The second-order valence-corrected chi connectivity index (χ2v) is 6.61. The lowest BCUT2D eigenvalue weighted by Crippen LogP contribution is -2.14. The summed E-state index contributed by atoms with van der Waals surface area (Å²) in [6.07, 6.45) is 0. The number of benzene rings is 3. The van der Waals surface area contributed by atoms with Gasteiger partial charge in [-0.05, 0) is 72.8 Å². The lowest BCUT2D eigenvalue weighted by Gasteiger charge is -2.08. The average molecular weight is 380 g/mol. The third kappa shape index (κ3) is 4.68. The van der Waals surface area contributed by atoms with Crippen molar-refractivity contribution >= 4 is 48.4 Å². The highest BCUT2D eigenvalue weighted by molar-refractivity contribution is 7.80. The van der Waals surface area contributed by atoms with Crippen molar-refractivity contribution in [2.75, 3.05) is 10.6 Å². The molecule has 0 spiro atoms. The molecule has 0 aliphatic heterocycles. The maximum Gasteiger partial charge on any atom is 0.255 e. The minimum absolute atomic E-state index is 0.242. The van der Waals surface area contributed by atoms with Crippen molar-refractivity contribution in [3.63, 3.8) is 0 Å². The van der Waals surface area contributed by atoms with Gasteiger partial charge in [0.15, 0.2) is 0 Å². The second-order valence-electron chi connectivity index (χ2n) is 5.58. The Labute approximate surface area is 162 Å². The third-order valence-corrected chi connectivity index (χ3v) is 4.26. The van der Waals surface area contributed by atoms with Crippen LogP contribution in [0.3, 0.4) is 0 Å². The van der Waals surface area contributed by atoms with Crippen molar-refractivity contribution in [2.45, 2.75) is 9.79 Å². The van der Waals surface area contributed by atoms with Crippen molar-refractivity contribution in [3.05, 3.63) is 83.9 Å². The molecule has 0 aliphatic carbocycles. The van der Waals surface area contributed by atoms with Crippen LogP contribution in [0.1, 0.15) is 20.7 Å². The van der Waals surface area contributed by atoms with Gasteiger partial charge in [0.05, 0.1) is 0 Å². The summed E-state index contributed by atoms with van der Waals surface area (Å²) in [7, 11) is 0. The molecule has 0 aliphatic rings. The Morgan fingerprint density at radius 1 is 0.538 bits per heavy atom. The quantitative estimate of drug-likeness (QED) is 0.493. The Bertz CT molecular complexity index is 843. The summed E-state index contributed by atoms with van der Waals surface area (Å²) in [5.41, 5.74) is 2.30. The molecule has 0 saturated carbocycles. The molecule has 0 aromatic heterocycles. The number of thiol groups is 2. The number of amides is 2. The fraction of sp³-hybridized carbons (Fsp3) is 0. The van der Waals surface area contributed by atoms with Gasteiger partial charge < -0.3 is 10.6 Å². The molecular weight excluding hydrogens is 364 g/mol. The number of nitrogens with one attached hydrogen (secondary N) is 2. The molecule has 0 bridgehead atoms.